The number of carbonyl (C=O) groups is 2. The van der Waals surface area contributed by atoms with E-state index in [0.29, 0.717) is 28.3 Å². The minimum absolute atomic E-state index is 0. The molecule has 0 saturated carbocycles. The van der Waals surface area contributed by atoms with Crippen molar-refractivity contribution in [3.05, 3.63) is 83.1 Å². The van der Waals surface area contributed by atoms with E-state index in [4.69, 9.17) is 4.74 Å². The predicted octanol–water partition coefficient (Wildman–Crippen LogP) is -5.21. The van der Waals surface area contributed by atoms with E-state index in [1.807, 2.05) is 12.1 Å². The zero-order chi connectivity index (χ0) is 23.1. The van der Waals surface area contributed by atoms with Gasteiger partial charge in [0, 0.05) is 16.8 Å². The van der Waals surface area contributed by atoms with Gasteiger partial charge in [-0.25, -0.2) is 0 Å². The van der Waals surface area contributed by atoms with Crippen molar-refractivity contribution in [2.75, 3.05) is 18.0 Å². The fraction of sp³-hybridized carbons (Fsp3) is 0.0833. The van der Waals surface area contributed by atoms with E-state index in [0.717, 1.165) is 10.5 Å². The first kappa shape index (κ1) is 28.4. The maximum absolute atomic E-state index is 10.9. The van der Waals surface area contributed by atoms with Crippen LogP contribution in [-0.4, -0.2) is 25.0 Å². The van der Waals surface area contributed by atoms with E-state index >= 15 is 0 Å². The number of carbonyl (C=O) groups excluding carboxylic acids is 2. The zero-order valence-electron chi connectivity index (χ0n) is 18.6. The second kappa shape index (κ2) is 13.2. The second-order valence-corrected chi connectivity index (χ2v) is 6.68. The second-order valence-electron chi connectivity index (χ2n) is 6.68. The van der Waals surface area contributed by atoms with Crippen LogP contribution in [-0.2, 0) is 9.59 Å². The molecule has 0 atom stereocenters. The van der Waals surface area contributed by atoms with E-state index in [-0.39, 0.29) is 43.3 Å². The van der Waals surface area contributed by atoms with Gasteiger partial charge < -0.3 is 29.4 Å². The van der Waals surface area contributed by atoms with Crippen LogP contribution in [0.5, 0.6) is 5.75 Å². The average molecular weight is 439 g/mol. The molecule has 0 N–H and O–H groups in total. The number of rotatable bonds is 7. The molecule has 0 fully saturated rings. The van der Waals surface area contributed by atoms with E-state index < -0.39 is 25.0 Å². The van der Waals surface area contributed by atoms with Gasteiger partial charge in [-0.1, -0.05) is 36.4 Å². The monoisotopic (exact) mass is 439 g/mol. The van der Waals surface area contributed by atoms with E-state index in [9.17, 15) is 30.3 Å². The molecule has 0 spiro atoms. The van der Waals surface area contributed by atoms with Crippen LogP contribution >= 0.6 is 0 Å². The first-order chi connectivity index (χ1) is 15.4. The maximum atomic E-state index is 10.9. The summed E-state index contributed by atoms with van der Waals surface area (Å²) in [6.07, 6.45) is 5.00. The number of benzene rings is 2. The summed E-state index contributed by atoms with van der Waals surface area (Å²) in [6.45, 7) is -1.17. The third-order valence-electron chi connectivity index (χ3n) is 4.52. The smallest absolute Gasteiger partial charge is 0.548 e. The largest absolute Gasteiger partial charge is 1.00 e. The fourth-order valence-electron chi connectivity index (χ4n) is 3.11. The summed E-state index contributed by atoms with van der Waals surface area (Å²) in [5, 5.41) is 40.3. The summed E-state index contributed by atoms with van der Waals surface area (Å²) in [7, 11) is 0. The van der Waals surface area contributed by atoms with Crippen LogP contribution < -0.4 is 57.6 Å². The van der Waals surface area contributed by atoms with Gasteiger partial charge in [-0.15, -0.1) is 0 Å². The molecule has 0 bridgehead atoms. The Morgan fingerprint density at radius 2 is 1.50 bits per heavy atom. The number of anilines is 1. The van der Waals surface area contributed by atoms with Crippen LogP contribution in [0.25, 0.3) is 11.6 Å². The normalized spacial score (nSPS) is 11.4. The van der Waals surface area contributed by atoms with Crippen LogP contribution in [0.2, 0.25) is 0 Å². The molecule has 158 valence electrons. The Hall–Kier alpha value is -3.63. The Bertz CT molecular complexity index is 1210. The molecule has 1 heterocycles. The summed E-state index contributed by atoms with van der Waals surface area (Å²) in [5.41, 5.74) is 2.19. The molecule has 0 saturated heterocycles. The summed E-state index contributed by atoms with van der Waals surface area (Å²) >= 11 is 0. The van der Waals surface area contributed by atoms with Gasteiger partial charge in [0.1, 0.15) is 29.2 Å². The van der Waals surface area contributed by atoms with Gasteiger partial charge in [-0.3, -0.25) is 0 Å². The van der Waals surface area contributed by atoms with Crippen LogP contribution in [0, 0.1) is 22.7 Å². The average Bonchev–Trinajstić information content (AvgIpc) is 2.78. The number of hydrogen-bond donors (Lipinski definition) is 0. The number of carboxylic acids is 2. The minimum atomic E-state index is -1.41. The van der Waals surface area contributed by atoms with Crippen molar-refractivity contribution in [1.82, 2.24) is 0 Å². The molecule has 1 aliphatic rings. The van der Waals surface area contributed by atoms with Gasteiger partial charge in [0.25, 0.3) is 0 Å². The van der Waals surface area contributed by atoms with Gasteiger partial charge in [0.15, 0.2) is 0 Å². The number of nitrogens with zero attached hydrogens (tertiary/aromatic N) is 3. The molecule has 2 aromatic rings. The summed E-state index contributed by atoms with van der Waals surface area (Å²) in [5.74, 6) is -1.88. The van der Waals surface area contributed by atoms with Crippen molar-refractivity contribution >= 4 is 29.3 Å². The number of aliphatic carboxylic acids is 2. The molecule has 8 nitrogen and oxygen atoms in total. The molecular weight excluding hydrogens is 424 g/mol. The molecule has 0 aliphatic carbocycles. The topological polar surface area (TPSA) is 140 Å². The Balaban J connectivity index is 0.00000289. The Morgan fingerprint density at radius 3 is 2.06 bits per heavy atom. The first-order valence-electron chi connectivity index (χ1n) is 9.37. The molecule has 2 aromatic carbocycles. The van der Waals surface area contributed by atoms with E-state index in [2.05, 4.69) is 0 Å². The minimum Gasteiger partial charge on any atom is -0.548 e. The number of fused-ring (bicyclic) bond motifs is 1. The van der Waals surface area contributed by atoms with Gasteiger partial charge in [-0.2, -0.15) is 10.5 Å². The zero-order valence-corrected chi connectivity index (χ0v) is 18.6. The molecule has 0 unspecified atom stereocenters. The number of nitriles is 2. The summed E-state index contributed by atoms with van der Waals surface area (Å²) in [4.78, 5) is 22.9. The number of para-hydroxylation sites is 1. The molecule has 3 rings (SSSR count). The van der Waals surface area contributed by atoms with Crippen molar-refractivity contribution in [2.24, 2.45) is 0 Å². The molecular formula is C24H15Li2N3O5. The Labute approximate surface area is 220 Å². The van der Waals surface area contributed by atoms with Crippen LogP contribution in [0.15, 0.2) is 72.0 Å². The summed E-state index contributed by atoms with van der Waals surface area (Å²) in [6, 6.07) is 17.4. The van der Waals surface area contributed by atoms with Crippen molar-refractivity contribution in [1.29, 1.82) is 10.5 Å². The number of hydrogen-bond acceptors (Lipinski definition) is 8. The van der Waals surface area contributed by atoms with Crippen molar-refractivity contribution in [3.63, 3.8) is 0 Å². The predicted molar refractivity (Wildman–Crippen MR) is 111 cm³/mol. The molecule has 0 amide bonds. The van der Waals surface area contributed by atoms with Crippen molar-refractivity contribution in [2.45, 2.75) is 0 Å². The molecule has 10 heteroatoms. The molecule has 0 radical (unpaired) electrons. The van der Waals surface area contributed by atoms with Gasteiger partial charge in [0.05, 0.1) is 25.0 Å². The quantitative estimate of drug-likeness (QED) is 0.308. The van der Waals surface area contributed by atoms with Crippen LogP contribution in [0.3, 0.4) is 0 Å². The van der Waals surface area contributed by atoms with Crippen LogP contribution in [0.4, 0.5) is 5.69 Å². The number of allylic oxidation sites excluding steroid dienone is 4. The maximum Gasteiger partial charge on any atom is 1.00 e. The van der Waals surface area contributed by atoms with E-state index in [1.165, 1.54) is 0 Å². The third kappa shape index (κ3) is 7.19. The number of ether oxygens (including phenoxy) is 1. The van der Waals surface area contributed by atoms with Crippen LogP contribution in [0.1, 0.15) is 11.1 Å². The molecule has 0 aromatic heterocycles. The van der Waals surface area contributed by atoms with E-state index in [1.54, 1.807) is 66.8 Å². The Kier molecular flexibility index (Phi) is 11.0. The number of carboxylic acid groups (broad SMARTS) is 2. The fourth-order valence-corrected chi connectivity index (χ4v) is 3.11. The van der Waals surface area contributed by atoms with Gasteiger partial charge in [-0.05, 0) is 35.9 Å². The Morgan fingerprint density at radius 1 is 0.912 bits per heavy atom. The van der Waals surface area contributed by atoms with Crippen molar-refractivity contribution in [3.8, 4) is 17.9 Å². The molecule has 34 heavy (non-hydrogen) atoms. The third-order valence-corrected chi connectivity index (χ3v) is 4.52. The molecule has 1 aliphatic heterocycles. The summed E-state index contributed by atoms with van der Waals surface area (Å²) < 4.78 is 5.84. The standard InChI is InChI=1S/C24H17N3O5.2Li/c25-12-17(13-26)21-11-19(32-22-4-2-1-3-20(21)22)10-7-16-5-8-18(9-6-16)27(14-23(28)29)15-24(30)31;;/h1-11H,14-15H2,(H,28,29)(H,30,31);;/q;2*+1/p-2/b10-7+;;. The first-order valence-corrected chi connectivity index (χ1v) is 9.37. The van der Waals surface area contributed by atoms with Gasteiger partial charge >= 0.3 is 37.7 Å². The van der Waals surface area contributed by atoms with Crippen molar-refractivity contribution < 1.29 is 62.3 Å². The van der Waals surface area contributed by atoms with Gasteiger partial charge in [0.2, 0.25) is 0 Å². The SMILES string of the molecule is N#CC(C#N)=C1C=C(/C=C/c2ccc(N(CC(=O)[O-])CC(=O)[O-])cc2)Oc2ccccc21.[Li+].[Li+].